The molecular formula is C26H26N4O5S. The van der Waals surface area contributed by atoms with E-state index in [9.17, 15) is 14.9 Å². The first-order chi connectivity index (χ1) is 17.4. The number of aromatic nitrogens is 1. The van der Waals surface area contributed by atoms with Gasteiger partial charge in [-0.1, -0.05) is 18.2 Å². The SMILES string of the molecule is COC1CNCC(C(=O)NC(C#N)Cc2cc3ccc(-c4ccc5oc(=O)n(C)c5c4)cc3s2)OC1. The summed E-state index contributed by atoms with van der Waals surface area (Å²) in [5.74, 6) is -0.695. The quantitative estimate of drug-likeness (QED) is 0.413. The van der Waals surface area contributed by atoms with Crippen LogP contribution in [0.4, 0.5) is 0 Å². The predicted molar refractivity (Wildman–Crippen MR) is 137 cm³/mol. The molecule has 1 saturated heterocycles. The summed E-state index contributed by atoms with van der Waals surface area (Å²) in [6.07, 6.45) is -0.370. The molecule has 0 radical (unpaired) electrons. The molecule has 2 N–H and O–H groups in total. The minimum Gasteiger partial charge on any atom is -0.408 e. The van der Waals surface area contributed by atoms with Gasteiger partial charge in [0.05, 0.1) is 24.3 Å². The van der Waals surface area contributed by atoms with Gasteiger partial charge in [-0.15, -0.1) is 11.3 Å². The van der Waals surface area contributed by atoms with Crippen molar-refractivity contribution in [2.45, 2.75) is 24.7 Å². The number of nitriles is 1. The van der Waals surface area contributed by atoms with E-state index in [1.165, 1.54) is 4.57 Å². The third-order valence-electron chi connectivity index (χ3n) is 6.38. The summed E-state index contributed by atoms with van der Waals surface area (Å²) in [5.41, 5.74) is 3.29. The lowest BCUT2D eigenvalue weighted by Gasteiger charge is -2.17. The smallest absolute Gasteiger partial charge is 0.408 e. The maximum atomic E-state index is 12.7. The van der Waals surface area contributed by atoms with Crippen LogP contribution in [0.15, 0.2) is 51.7 Å². The van der Waals surface area contributed by atoms with Crippen molar-refractivity contribution in [3.8, 4) is 17.2 Å². The second-order valence-corrected chi connectivity index (χ2v) is 9.98. The Balaban J connectivity index is 1.30. The highest BCUT2D eigenvalue weighted by atomic mass is 32.1. The number of carbonyl (C=O) groups excluding carboxylic acids is 1. The van der Waals surface area contributed by atoms with Crippen LogP contribution in [0.3, 0.4) is 0 Å². The van der Waals surface area contributed by atoms with Crippen molar-refractivity contribution in [2.75, 3.05) is 26.8 Å². The highest BCUT2D eigenvalue weighted by Gasteiger charge is 2.26. The molecule has 0 saturated carbocycles. The summed E-state index contributed by atoms with van der Waals surface area (Å²) >= 11 is 1.59. The fraction of sp³-hybridized carbons (Fsp3) is 0.346. The highest BCUT2D eigenvalue weighted by Crippen LogP contribution is 2.32. The lowest BCUT2D eigenvalue weighted by Crippen LogP contribution is -2.46. The largest absolute Gasteiger partial charge is 0.419 e. The number of oxazole rings is 1. The van der Waals surface area contributed by atoms with Gasteiger partial charge in [0.2, 0.25) is 0 Å². The predicted octanol–water partition coefficient (Wildman–Crippen LogP) is 2.57. The van der Waals surface area contributed by atoms with Crippen molar-refractivity contribution in [1.82, 2.24) is 15.2 Å². The molecule has 0 spiro atoms. The molecule has 3 atom stereocenters. The lowest BCUT2D eigenvalue weighted by molar-refractivity contribution is -0.133. The van der Waals surface area contributed by atoms with Crippen LogP contribution < -0.4 is 16.4 Å². The van der Waals surface area contributed by atoms with E-state index in [0.717, 1.165) is 31.6 Å². The van der Waals surface area contributed by atoms with Gasteiger partial charge in [-0.3, -0.25) is 9.36 Å². The third kappa shape index (κ3) is 4.92. The van der Waals surface area contributed by atoms with Gasteiger partial charge >= 0.3 is 5.76 Å². The minimum atomic E-state index is -0.668. The van der Waals surface area contributed by atoms with Gasteiger partial charge in [-0.05, 0) is 40.8 Å². The van der Waals surface area contributed by atoms with Gasteiger partial charge in [0.25, 0.3) is 5.91 Å². The Labute approximate surface area is 211 Å². The summed E-state index contributed by atoms with van der Waals surface area (Å²) in [4.78, 5) is 25.5. The van der Waals surface area contributed by atoms with Crippen LogP contribution in [0, 0.1) is 11.3 Å². The number of thiophene rings is 1. The second kappa shape index (κ2) is 10.2. The average Bonchev–Trinajstić information content (AvgIpc) is 3.30. The van der Waals surface area contributed by atoms with E-state index in [1.807, 2.05) is 24.3 Å². The van der Waals surface area contributed by atoms with E-state index >= 15 is 0 Å². The van der Waals surface area contributed by atoms with Crippen molar-refractivity contribution in [3.63, 3.8) is 0 Å². The monoisotopic (exact) mass is 506 g/mol. The molecule has 0 aliphatic carbocycles. The fourth-order valence-electron chi connectivity index (χ4n) is 4.30. The van der Waals surface area contributed by atoms with Crippen LogP contribution in [0.1, 0.15) is 4.88 Å². The molecule has 3 heterocycles. The molecule has 36 heavy (non-hydrogen) atoms. The molecule has 1 aliphatic rings. The molecule has 186 valence electrons. The van der Waals surface area contributed by atoms with Crippen molar-refractivity contribution in [1.29, 1.82) is 5.26 Å². The van der Waals surface area contributed by atoms with Gasteiger partial charge in [0.1, 0.15) is 12.1 Å². The molecule has 2 aromatic carbocycles. The van der Waals surface area contributed by atoms with E-state index < -0.39 is 12.1 Å². The number of nitrogens with one attached hydrogen (secondary N) is 2. The summed E-state index contributed by atoms with van der Waals surface area (Å²) in [7, 11) is 3.29. The molecule has 5 rings (SSSR count). The number of ether oxygens (including phenoxy) is 2. The van der Waals surface area contributed by atoms with Crippen LogP contribution in [0.25, 0.3) is 32.3 Å². The number of nitrogens with zero attached hydrogens (tertiary/aromatic N) is 2. The maximum absolute atomic E-state index is 12.7. The minimum absolute atomic E-state index is 0.105. The van der Waals surface area contributed by atoms with Gasteiger partial charge in [-0.2, -0.15) is 5.26 Å². The number of aryl methyl sites for hydroxylation is 1. The molecule has 9 nitrogen and oxygen atoms in total. The van der Waals surface area contributed by atoms with E-state index in [4.69, 9.17) is 13.9 Å². The van der Waals surface area contributed by atoms with Crippen molar-refractivity contribution in [3.05, 3.63) is 57.9 Å². The van der Waals surface area contributed by atoms with E-state index in [0.29, 0.717) is 31.7 Å². The van der Waals surface area contributed by atoms with Crippen LogP contribution in [0.5, 0.6) is 0 Å². The number of benzene rings is 2. The van der Waals surface area contributed by atoms with E-state index in [-0.39, 0.29) is 17.8 Å². The Bertz CT molecular complexity index is 1510. The van der Waals surface area contributed by atoms with Gasteiger partial charge in [0.15, 0.2) is 5.58 Å². The van der Waals surface area contributed by atoms with Gasteiger partial charge in [0, 0.05) is 43.2 Å². The molecule has 1 fully saturated rings. The number of fused-ring (bicyclic) bond motifs is 2. The van der Waals surface area contributed by atoms with Crippen LogP contribution >= 0.6 is 11.3 Å². The summed E-state index contributed by atoms with van der Waals surface area (Å²) in [6, 6.07) is 15.4. The zero-order chi connectivity index (χ0) is 25.2. The Morgan fingerprint density at radius 2 is 2.08 bits per heavy atom. The van der Waals surface area contributed by atoms with Crippen molar-refractivity contribution < 1.29 is 18.7 Å². The Morgan fingerprint density at radius 1 is 1.28 bits per heavy atom. The summed E-state index contributed by atoms with van der Waals surface area (Å²) in [5, 5.41) is 16.7. The highest BCUT2D eigenvalue weighted by molar-refractivity contribution is 7.19. The number of hydrogen-bond acceptors (Lipinski definition) is 8. The third-order valence-corrected chi connectivity index (χ3v) is 7.50. The molecular weight excluding hydrogens is 480 g/mol. The molecule has 1 amide bonds. The van der Waals surface area contributed by atoms with E-state index in [2.05, 4.69) is 28.8 Å². The number of methoxy groups -OCH3 is 1. The molecule has 1 aliphatic heterocycles. The molecule has 3 unspecified atom stereocenters. The van der Waals surface area contributed by atoms with Crippen molar-refractivity contribution >= 4 is 38.4 Å². The molecule has 4 aromatic rings. The van der Waals surface area contributed by atoms with Gasteiger partial charge in [-0.25, -0.2) is 4.79 Å². The molecule has 10 heteroatoms. The van der Waals surface area contributed by atoms with E-state index in [1.54, 1.807) is 31.6 Å². The zero-order valence-corrected chi connectivity index (χ0v) is 20.8. The lowest BCUT2D eigenvalue weighted by atomic mass is 10.0. The number of amides is 1. The Morgan fingerprint density at radius 3 is 2.89 bits per heavy atom. The number of hydrogen-bond donors (Lipinski definition) is 2. The maximum Gasteiger partial charge on any atom is 0.419 e. The van der Waals surface area contributed by atoms with Crippen LogP contribution in [0.2, 0.25) is 0 Å². The Kier molecular flexibility index (Phi) is 6.89. The summed E-state index contributed by atoms with van der Waals surface area (Å²) < 4.78 is 18.8. The Hall–Kier alpha value is -3.49. The summed E-state index contributed by atoms with van der Waals surface area (Å²) in [6.45, 7) is 1.30. The second-order valence-electron chi connectivity index (χ2n) is 8.81. The molecule has 2 aromatic heterocycles. The first-order valence-electron chi connectivity index (χ1n) is 11.6. The van der Waals surface area contributed by atoms with Crippen molar-refractivity contribution in [2.24, 2.45) is 7.05 Å². The first-order valence-corrected chi connectivity index (χ1v) is 12.4. The number of rotatable bonds is 6. The van der Waals surface area contributed by atoms with Crippen LogP contribution in [-0.4, -0.2) is 55.5 Å². The standard InChI is InChI=1S/C26H26N4O5S/c1-30-21-8-15(5-6-22(21)35-26(30)32)16-3-4-17-7-20(36-24(17)9-16)10-18(11-27)29-25(31)23-13-28-12-19(33-2)14-34-23/h3-9,18-19,23,28H,10,12-14H2,1-2H3,(H,29,31). The van der Waals surface area contributed by atoms with Gasteiger partial charge < -0.3 is 24.5 Å². The zero-order valence-electron chi connectivity index (χ0n) is 19.9. The topological polar surface area (TPSA) is 119 Å². The first kappa shape index (κ1) is 24.2. The normalized spacial score (nSPS) is 19.1. The number of carbonyl (C=O) groups is 1. The fourth-order valence-corrected chi connectivity index (χ4v) is 5.45. The average molecular weight is 507 g/mol. The molecule has 0 bridgehead atoms. The van der Waals surface area contributed by atoms with Crippen LogP contribution in [-0.2, 0) is 27.7 Å².